The summed E-state index contributed by atoms with van der Waals surface area (Å²) >= 11 is 0. The largest absolute Gasteiger partial charge is 0.451 e. The Kier molecular flexibility index (Phi) is 4.62. The number of amides is 1. The maximum Gasteiger partial charge on any atom is 0.336 e. The fourth-order valence-corrected chi connectivity index (χ4v) is 2.25. The minimum atomic E-state index is -0.874. The molecule has 0 aliphatic carbocycles. The van der Waals surface area contributed by atoms with E-state index < -0.39 is 18.2 Å². The Morgan fingerprint density at radius 3 is 2.71 bits per heavy atom. The third kappa shape index (κ3) is 3.41. The zero-order valence-corrected chi connectivity index (χ0v) is 12.8. The lowest BCUT2D eigenvalue weighted by molar-refractivity contribution is -0.162. The zero-order chi connectivity index (χ0) is 15.6. The molecular weight excluding hydrogens is 274 g/mol. The van der Waals surface area contributed by atoms with Gasteiger partial charge in [-0.1, -0.05) is 0 Å². The minimum Gasteiger partial charge on any atom is -0.451 e. The molecule has 21 heavy (non-hydrogen) atoms. The van der Waals surface area contributed by atoms with Crippen molar-refractivity contribution in [2.75, 3.05) is 11.9 Å². The predicted molar refractivity (Wildman–Crippen MR) is 75.8 cm³/mol. The van der Waals surface area contributed by atoms with Crippen LogP contribution in [0.5, 0.6) is 0 Å². The maximum absolute atomic E-state index is 12.1. The summed E-state index contributed by atoms with van der Waals surface area (Å²) < 4.78 is 12.1. The van der Waals surface area contributed by atoms with Crippen LogP contribution in [-0.2, 0) is 26.1 Å². The standard InChI is InChI=1S/C14H21N3O4/c1-8-12(9(2)17(4)16-8)15-13(18)10(3)21-14(19)11-6-5-7-20-11/h10-11H,5-7H2,1-4H3,(H,15,18)/t10-,11+/m1/s1. The van der Waals surface area contributed by atoms with Crippen LogP contribution in [0.2, 0.25) is 0 Å². The van der Waals surface area contributed by atoms with Crippen molar-refractivity contribution in [1.29, 1.82) is 0 Å². The summed E-state index contributed by atoms with van der Waals surface area (Å²) in [7, 11) is 1.80. The molecule has 7 heteroatoms. The number of ether oxygens (including phenoxy) is 2. The molecule has 0 aromatic carbocycles. The third-order valence-corrected chi connectivity index (χ3v) is 3.61. The third-order valence-electron chi connectivity index (χ3n) is 3.61. The topological polar surface area (TPSA) is 82.5 Å². The van der Waals surface area contributed by atoms with Crippen LogP contribution in [0.4, 0.5) is 5.69 Å². The van der Waals surface area contributed by atoms with Gasteiger partial charge in [0, 0.05) is 13.7 Å². The van der Waals surface area contributed by atoms with E-state index in [1.165, 1.54) is 0 Å². The average Bonchev–Trinajstić information content (AvgIpc) is 3.03. The summed E-state index contributed by atoms with van der Waals surface area (Å²) in [5.41, 5.74) is 2.22. The lowest BCUT2D eigenvalue weighted by Crippen LogP contribution is -2.34. The normalized spacial score (nSPS) is 19.3. The van der Waals surface area contributed by atoms with Gasteiger partial charge in [0.1, 0.15) is 0 Å². The number of rotatable bonds is 4. The predicted octanol–water partition coefficient (Wildman–Crippen LogP) is 1.09. The zero-order valence-electron chi connectivity index (χ0n) is 12.8. The summed E-state index contributed by atoms with van der Waals surface area (Å²) in [4.78, 5) is 23.9. The number of nitrogens with one attached hydrogen (secondary N) is 1. The van der Waals surface area contributed by atoms with Crippen molar-refractivity contribution in [2.24, 2.45) is 7.05 Å². The minimum absolute atomic E-state index is 0.374. The highest BCUT2D eigenvalue weighted by Gasteiger charge is 2.28. The van der Waals surface area contributed by atoms with Crippen LogP contribution in [0.25, 0.3) is 0 Å². The van der Waals surface area contributed by atoms with Crippen LogP contribution in [0.1, 0.15) is 31.2 Å². The number of anilines is 1. The second-order valence-corrected chi connectivity index (χ2v) is 5.24. The monoisotopic (exact) mass is 295 g/mol. The number of carbonyl (C=O) groups is 2. The first kappa shape index (κ1) is 15.5. The first-order chi connectivity index (χ1) is 9.90. The molecule has 7 nitrogen and oxygen atoms in total. The van der Waals surface area contributed by atoms with Crippen molar-refractivity contribution in [3.63, 3.8) is 0 Å². The lowest BCUT2D eigenvalue weighted by Gasteiger charge is -2.16. The molecule has 1 N–H and O–H groups in total. The number of nitrogens with zero attached hydrogens (tertiary/aromatic N) is 2. The second-order valence-electron chi connectivity index (χ2n) is 5.24. The van der Waals surface area contributed by atoms with E-state index in [0.717, 1.165) is 17.8 Å². The first-order valence-corrected chi connectivity index (χ1v) is 7.03. The van der Waals surface area contributed by atoms with Gasteiger partial charge >= 0.3 is 5.97 Å². The summed E-state index contributed by atoms with van der Waals surface area (Å²) in [6.45, 7) is 5.78. The molecule has 1 aromatic heterocycles. The molecular formula is C14H21N3O4. The van der Waals surface area contributed by atoms with Gasteiger partial charge in [-0.15, -0.1) is 0 Å². The van der Waals surface area contributed by atoms with Crippen LogP contribution >= 0.6 is 0 Å². The lowest BCUT2D eigenvalue weighted by atomic mass is 10.2. The maximum atomic E-state index is 12.1. The highest BCUT2D eigenvalue weighted by molar-refractivity contribution is 5.96. The van der Waals surface area contributed by atoms with E-state index in [2.05, 4.69) is 10.4 Å². The highest BCUT2D eigenvalue weighted by Crippen LogP contribution is 2.19. The molecule has 2 atom stereocenters. The van der Waals surface area contributed by atoms with E-state index >= 15 is 0 Å². The molecule has 1 saturated heterocycles. The van der Waals surface area contributed by atoms with E-state index in [9.17, 15) is 9.59 Å². The summed E-state index contributed by atoms with van der Waals surface area (Å²) in [6, 6.07) is 0. The molecule has 0 unspecified atom stereocenters. The number of hydrogen-bond donors (Lipinski definition) is 1. The summed E-state index contributed by atoms with van der Waals surface area (Å²) in [6.07, 6.45) is 0.0744. The van der Waals surface area contributed by atoms with Crippen LogP contribution in [0.3, 0.4) is 0 Å². The van der Waals surface area contributed by atoms with E-state index in [1.807, 2.05) is 13.8 Å². The molecule has 2 heterocycles. The van der Waals surface area contributed by atoms with Gasteiger partial charge in [0.05, 0.1) is 17.1 Å². The van der Waals surface area contributed by atoms with Gasteiger partial charge in [0.2, 0.25) is 0 Å². The average molecular weight is 295 g/mol. The SMILES string of the molecule is Cc1nn(C)c(C)c1NC(=O)[C@@H](C)OC(=O)[C@@H]1CCCO1. The van der Waals surface area contributed by atoms with Crippen molar-refractivity contribution >= 4 is 17.6 Å². The Balaban J connectivity index is 1.94. The molecule has 116 valence electrons. The fourth-order valence-electron chi connectivity index (χ4n) is 2.25. The molecule has 0 spiro atoms. The van der Waals surface area contributed by atoms with Gasteiger partial charge in [-0.25, -0.2) is 4.79 Å². The number of aromatic nitrogens is 2. The van der Waals surface area contributed by atoms with Crippen LogP contribution < -0.4 is 5.32 Å². The number of carbonyl (C=O) groups excluding carboxylic acids is 2. The van der Waals surface area contributed by atoms with Gasteiger partial charge in [-0.2, -0.15) is 5.10 Å². The molecule has 0 saturated carbocycles. The van der Waals surface area contributed by atoms with E-state index in [1.54, 1.807) is 18.7 Å². The van der Waals surface area contributed by atoms with Gasteiger partial charge in [-0.05, 0) is 33.6 Å². The number of hydrogen-bond acceptors (Lipinski definition) is 5. The van der Waals surface area contributed by atoms with Gasteiger partial charge in [0.25, 0.3) is 5.91 Å². The van der Waals surface area contributed by atoms with Crippen molar-refractivity contribution in [2.45, 2.75) is 45.8 Å². The molecule has 1 aromatic rings. The van der Waals surface area contributed by atoms with Gasteiger partial charge in [0.15, 0.2) is 12.2 Å². The van der Waals surface area contributed by atoms with Crippen molar-refractivity contribution in [3.8, 4) is 0 Å². The van der Waals surface area contributed by atoms with Crippen molar-refractivity contribution in [1.82, 2.24) is 9.78 Å². The molecule has 1 fully saturated rings. The Hall–Kier alpha value is -1.89. The molecule has 0 bridgehead atoms. The Bertz CT molecular complexity index is 547. The Labute approximate surface area is 123 Å². The molecule has 1 amide bonds. The van der Waals surface area contributed by atoms with Crippen LogP contribution in [-0.4, -0.2) is 40.5 Å². The molecule has 2 rings (SSSR count). The van der Waals surface area contributed by atoms with E-state index in [0.29, 0.717) is 18.7 Å². The van der Waals surface area contributed by atoms with Crippen molar-refractivity contribution < 1.29 is 19.1 Å². The smallest absolute Gasteiger partial charge is 0.336 e. The van der Waals surface area contributed by atoms with Gasteiger partial charge < -0.3 is 14.8 Å². The second kappa shape index (κ2) is 6.26. The van der Waals surface area contributed by atoms with Crippen LogP contribution in [0, 0.1) is 13.8 Å². The molecule has 1 aliphatic heterocycles. The highest BCUT2D eigenvalue weighted by atomic mass is 16.6. The number of aryl methyl sites for hydroxylation is 2. The van der Waals surface area contributed by atoms with E-state index in [-0.39, 0.29) is 5.91 Å². The Morgan fingerprint density at radius 1 is 1.48 bits per heavy atom. The van der Waals surface area contributed by atoms with Crippen molar-refractivity contribution in [3.05, 3.63) is 11.4 Å². The summed E-state index contributed by atoms with van der Waals surface area (Å²) in [5, 5.41) is 6.98. The molecule has 1 aliphatic rings. The quantitative estimate of drug-likeness (QED) is 0.841. The Morgan fingerprint density at radius 2 is 2.19 bits per heavy atom. The fraction of sp³-hybridized carbons (Fsp3) is 0.643. The van der Waals surface area contributed by atoms with E-state index in [4.69, 9.17) is 9.47 Å². The number of esters is 1. The molecule has 0 radical (unpaired) electrons. The summed E-state index contributed by atoms with van der Waals surface area (Å²) in [5.74, 6) is -0.852. The van der Waals surface area contributed by atoms with Crippen LogP contribution in [0.15, 0.2) is 0 Å². The first-order valence-electron chi connectivity index (χ1n) is 7.03. The van der Waals surface area contributed by atoms with Gasteiger partial charge in [-0.3, -0.25) is 9.48 Å².